The molecule has 0 radical (unpaired) electrons. The Balaban J connectivity index is 2.02. The van der Waals surface area contributed by atoms with Crippen molar-refractivity contribution in [3.05, 3.63) is 38.8 Å². The molecule has 0 spiro atoms. The molecule has 0 amide bonds. The van der Waals surface area contributed by atoms with Crippen molar-refractivity contribution in [2.45, 2.75) is 53.1 Å². The van der Waals surface area contributed by atoms with Gasteiger partial charge >= 0.3 is 5.91 Å². The van der Waals surface area contributed by atoms with Gasteiger partial charge in [0, 0.05) is 18.9 Å². The summed E-state index contributed by atoms with van der Waals surface area (Å²) in [6.07, 6.45) is 1.32. The SMILES string of the molecule is Cc1cc(O)c(C)c2c1OC(C)(C(=O)[n+]1csc(C)c1C)CC2. The average Bonchev–Trinajstić information content (AvgIpc) is 2.84. The van der Waals surface area contributed by atoms with Gasteiger partial charge in [0.15, 0.2) is 0 Å². The zero-order valence-corrected chi connectivity index (χ0v) is 15.0. The van der Waals surface area contributed by atoms with Crippen molar-refractivity contribution in [2.75, 3.05) is 0 Å². The normalized spacial score (nSPS) is 20.0. The van der Waals surface area contributed by atoms with Gasteiger partial charge in [0.1, 0.15) is 11.5 Å². The molecule has 1 aliphatic rings. The number of hydrogen-bond donors (Lipinski definition) is 1. The van der Waals surface area contributed by atoms with Gasteiger partial charge in [-0.1, -0.05) is 11.3 Å². The van der Waals surface area contributed by atoms with Crippen molar-refractivity contribution in [1.29, 1.82) is 0 Å². The number of benzene rings is 1. The van der Waals surface area contributed by atoms with Crippen LogP contribution in [-0.2, 0) is 6.42 Å². The molecule has 23 heavy (non-hydrogen) atoms. The maximum Gasteiger partial charge on any atom is 0.436 e. The molecule has 2 aromatic rings. The fourth-order valence-electron chi connectivity index (χ4n) is 3.10. The highest BCUT2D eigenvalue weighted by Gasteiger charge is 2.47. The Morgan fingerprint density at radius 2 is 2.04 bits per heavy atom. The van der Waals surface area contributed by atoms with Crippen LogP contribution in [0.25, 0.3) is 0 Å². The van der Waals surface area contributed by atoms with E-state index in [-0.39, 0.29) is 5.91 Å². The van der Waals surface area contributed by atoms with E-state index >= 15 is 0 Å². The van der Waals surface area contributed by atoms with Crippen molar-refractivity contribution in [3.8, 4) is 11.5 Å². The summed E-state index contributed by atoms with van der Waals surface area (Å²) in [5.41, 5.74) is 4.65. The number of thiazole rings is 1. The number of fused-ring (bicyclic) bond motifs is 1. The Kier molecular flexibility index (Phi) is 3.71. The lowest BCUT2D eigenvalue weighted by atomic mass is 9.88. The number of aromatic hydroxyl groups is 1. The number of nitrogens with zero attached hydrogens (tertiary/aromatic N) is 1. The van der Waals surface area contributed by atoms with E-state index in [1.807, 2.05) is 40.1 Å². The molecule has 0 aliphatic carbocycles. The van der Waals surface area contributed by atoms with E-state index in [2.05, 4.69) is 0 Å². The van der Waals surface area contributed by atoms with E-state index in [4.69, 9.17) is 4.74 Å². The number of aryl methyl sites for hydroxylation is 2. The molecule has 0 bridgehead atoms. The third-order valence-corrected chi connectivity index (χ3v) is 5.84. The number of carbonyl (C=O) groups is 1. The summed E-state index contributed by atoms with van der Waals surface area (Å²) < 4.78 is 7.89. The van der Waals surface area contributed by atoms with Gasteiger partial charge in [0.05, 0.1) is 4.88 Å². The van der Waals surface area contributed by atoms with Gasteiger partial charge in [0.25, 0.3) is 0 Å². The second kappa shape index (κ2) is 5.34. The Morgan fingerprint density at radius 1 is 1.35 bits per heavy atom. The van der Waals surface area contributed by atoms with Crippen LogP contribution < -0.4 is 9.30 Å². The first-order chi connectivity index (χ1) is 10.7. The fraction of sp³-hybridized carbons (Fsp3) is 0.444. The molecule has 5 heteroatoms. The van der Waals surface area contributed by atoms with Crippen molar-refractivity contribution in [3.63, 3.8) is 0 Å². The molecule has 3 rings (SSSR count). The molecular weight excluding hydrogens is 310 g/mol. The topological polar surface area (TPSA) is 50.4 Å². The Labute approximate surface area is 140 Å². The lowest BCUT2D eigenvalue weighted by molar-refractivity contribution is -0.582. The lowest BCUT2D eigenvalue weighted by Gasteiger charge is -2.33. The predicted octanol–water partition coefficient (Wildman–Crippen LogP) is 3.40. The molecule has 1 atom stereocenters. The summed E-state index contributed by atoms with van der Waals surface area (Å²) in [7, 11) is 0. The average molecular weight is 332 g/mol. The van der Waals surface area contributed by atoms with Crippen LogP contribution in [0.3, 0.4) is 0 Å². The summed E-state index contributed by atoms with van der Waals surface area (Å²) >= 11 is 1.57. The van der Waals surface area contributed by atoms with Gasteiger partial charge in [-0.3, -0.25) is 0 Å². The molecule has 1 aromatic heterocycles. The van der Waals surface area contributed by atoms with Crippen LogP contribution in [0.5, 0.6) is 11.5 Å². The monoisotopic (exact) mass is 332 g/mol. The largest absolute Gasteiger partial charge is 0.508 e. The van der Waals surface area contributed by atoms with Crippen molar-refractivity contribution in [1.82, 2.24) is 0 Å². The number of ether oxygens (including phenoxy) is 1. The lowest BCUT2D eigenvalue weighted by Crippen LogP contribution is -2.59. The van der Waals surface area contributed by atoms with Crippen molar-refractivity contribution in [2.24, 2.45) is 0 Å². The van der Waals surface area contributed by atoms with Gasteiger partial charge in [-0.05, 0) is 51.3 Å². The van der Waals surface area contributed by atoms with Crippen LogP contribution in [-0.4, -0.2) is 16.6 Å². The van der Waals surface area contributed by atoms with E-state index in [1.54, 1.807) is 22.0 Å². The molecule has 1 unspecified atom stereocenters. The third kappa shape index (κ3) is 2.43. The minimum absolute atomic E-state index is 0.0323. The number of phenols is 1. The minimum Gasteiger partial charge on any atom is -0.508 e. The molecule has 122 valence electrons. The molecule has 0 saturated carbocycles. The highest BCUT2D eigenvalue weighted by molar-refractivity contribution is 7.09. The molecule has 0 fully saturated rings. The summed E-state index contributed by atoms with van der Waals surface area (Å²) in [6, 6.07) is 1.71. The van der Waals surface area contributed by atoms with Crippen LogP contribution >= 0.6 is 11.3 Å². The van der Waals surface area contributed by atoms with E-state index in [0.717, 1.165) is 39.4 Å². The third-order valence-electron chi connectivity index (χ3n) is 4.88. The summed E-state index contributed by atoms with van der Waals surface area (Å²) in [6.45, 7) is 9.62. The smallest absolute Gasteiger partial charge is 0.436 e. The molecule has 1 N–H and O–H groups in total. The highest BCUT2D eigenvalue weighted by Crippen LogP contribution is 2.41. The van der Waals surface area contributed by atoms with Gasteiger partial charge in [-0.15, -0.1) is 4.57 Å². The molecule has 1 aliphatic heterocycles. The predicted molar refractivity (Wildman–Crippen MR) is 89.5 cm³/mol. The van der Waals surface area contributed by atoms with E-state index in [1.165, 1.54) is 0 Å². The summed E-state index contributed by atoms with van der Waals surface area (Å²) in [4.78, 5) is 14.2. The first-order valence-electron chi connectivity index (χ1n) is 7.77. The van der Waals surface area contributed by atoms with E-state index in [9.17, 15) is 9.90 Å². The molecule has 2 heterocycles. The Hall–Kier alpha value is -1.88. The number of aromatic nitrogens is 1. The van der Waals surface area contributed by atoms with Gasteiger partial charge < -0.3 is 9.84 Å². The van der Waals surface area contributed by atoms with Gasteiger partial charge in [-0.2, -0.15) is 0 Å². The number of phenolic OH excluding ortho intramolecular Hbond substituents is 1. The fourth-order valence-corrected chi connectivity index (χ4v) is 3.88. The zero-order chi connectivity index (χ0) is 16.9. The van der Waals surface area contributed by atoms with Crippen LogP contribution in [0, 0.1) is 27.7 Å². The van der Waals surface area contributed by atoms with Crippen LogP contribution in [0.15, 0.2) is 11.6 Å². The van der Waals surface area contributed by atoms with Gasteiger partial charge in [0.2, 0.25) is 16.8 Å². The maximum atomic E-state index is 13.0. The van der Waals surface area contributed by atoms with Crippen LogP contribution in [0.1, 0.15) is 45.4 Å². The van der Waals surface area contributed by atoms with Crippen molar-refractivity contribution >= 4 is 17.2 Å². The Bertz CT molecular complexity index is 809. The molecule has 0 saturated heterocycles. The van der Waals surface area contributed by atoms with Crippen molar-refractivity contribution < 1.29 is 19.2 Å². The molecular formula is C18H22NO3S+. The maximum absolute atomic E-state index is 13.0. The summed E-state index contributed by atoms with van der Waals surface area (Å²) in [5, 5.41) is 9.99. The first kappa shape index (κ1) is 16.0. The van der Waals surface area contributed by atoms with Gasteiger partial charge in [-0.25, -0.2) is 4.79 Å². The quantitative estimate of drug-likeness (QED) is 0.814. The minimum atomic E-state index is -0.885. The standard InChI is InChI=1S/C18H21NO3S/c1-10-8-15(20)11(2)14-6-7-18(5,22-16(10)14)17(21)19-9-23-13(4)12(19)3/h8-9H,6-7H2,1-5H3/p+1. The van der Waals surface area contributed by atoms with Crippen LogP contribution in [0.4, 0.5) is 0 Å². The molecule has 1 aromatic carbocycles. The second-order valence-corrected chi connectivity index (χ2v) is 7.58. The zero-order valence-electron chi connectivity index (χ0n) is 14.2. The second-order valence-electron chi connectivity index (χ2n) is 6.52. The van der Waals surface area contributed by atoms with Crippen LogP contribution in [0.2, 0.25) is 0 Å². The summed E-state index contributed by atoms with van der Waals surface area (Å²) in [5.74, 6) is 1.00. The van der Waals surface area contributed by atoms with E-state index < -0.39 is 5.60 Å². The first-order valence-corrected chi connectivity index (χ1v) is 8.65. The number of rotatable bonds is 1. The Morgan fingerprint density at radius 3 is 2.65 bits per heavy atom. The van der Waals surface area contributed by atoms with E-state index in [0.29, 0.717) is 12.2 Å². The molecule has 4 nitrogen and oxygen atoms in total. The number of carbonyl (C=O) groups excluding carboxylic acids is 1. The highest BCUT2D eigenvalue weighted by atomic mass is 32.1. The number of hydrogen-bond acceptors (Lipinski definition) is 4.